The first kappa shape index (κ1) is 65.2. The Morgan fingerprint density at radius 3 is 0.541 bits per heavy atom. The fraction of sp³-hybridized carbons (Fsp3) is 0.400. The van der Waals surface area contributed by atoms with Crippen molar-refractivity contribution in [2.45, 2.75) is 152 Å². The van der Waals surface area contributed by atoms with Crippen LogP contribution in [-0.4, -0.2) is 13.1 Å². The Kier molecular flexibility index (Phi) is 51.1. The van der Waals surface area contributed by atoms with Gasteiger partial charge >= 0.3 is 0 Å². The van der Waals surface area contributed by atoms with Crippen molar-refractivity contribution < 1.29 is 0 Å². The second-order valence-corrected chi connectivity index (χ2v) is 10.2. The third-order valence-corrected chi connectivity index (χ3v) is 7.87. The lowest BCUT2D eigenvalue weighted by molar-refractivity contribution is 0.869. The number of benzene rings is 6. The van der Waals surface area contributed by atoms with Crippen molar-refractivity contribution in [3.8, 4) is 55.6 Å². The molecule has 0 saturated heterocycles. The van der Waals surface area contributed by atoms with Crippen LogP contribution >= 0.6 is 0 Å². The quantitative estimate of drug-likeness (QED) is 0.148. The lowest BCUT2D eigenvalue weighted by atomic mass is 9.77. The predicted octanol–water partition coefficient (Wildman–Crippen LogP) is 21.1. The zero-order valence-corrected chi connectivity index (χ0v) is 43.8. The van der Waals surface area contributed by atoms with E-state index in [0.717, 1.165) is 13.1 Å². The largest absolute Gasteiger partial charge is 0.371 e. The Balaban J connectivity index is -0.000000461. The van der Waals surface area contributed by atoms with E-state index in [9.17, 15) is 0 Å². The number of rotatable bonds is 8. The Morgan fingerprint density at radius 1 is 0.230 bits per heavy atom. The minimum absolute atomic E-state index is 0.906. The standard InChI is InChI=1S/C40H35N.10C2H6/c1-3-41(4-2)40-38(33-26-16-8-17-27-33)36(31-22-12-6-13-23-31)35(30-20-10-5-11-21-30)37(32-24-14-7-15-25-32)39(40)34-28-18-9-19-29-34;10*1-2/h5-29H,3-4H2,1-2H3;10*1-2H3. The smallest absolute Gasteiger partial charge is 0.0538 e. The van der Waals surface area contributed by atoms with Crippen molar-refractivity contribution in [1.29, 1.82) is 0 Å². The third-order valence-electron chi connectivity index (χ3n) is 7.87. The maximum absolute atomic E-state index is 2.54. The average Bonchev–Trinajstić information content (AvgIpc) is 3.41. The van der Waals surface area contributed by atoms with Gasteiger partial charge in [0.05, 0.1) is 5.69 Å². The summed E-state index contributed by atoms with van der Waals surface area (Å²) in [4.78, 5) is 2.54. The Labute approximate surface area is 381 Å². The molecule has 0 fully saturated rings. The van der Waals surface area contributed by atoms with Gasteiger partial charge in [-0.1, -0.05) is 290 Å². The molecular weight excluding hydrogens is 735 g/mol. The molecule has 0 aromatic heterocycles. The van der Waals surface area contributed by atoms with E-state index in [1.807, 2.05) is 138 Å². The molecule has 0 aliphatic heterocycles. The van der Waals surface area contributed by atoms with Crippen molar-refractivity contribution in [1.82, 2.24) is 0 Å². The molecule has 0 atom stereocenters. The summed E-state index contributed by atoms with van der Waals surface area (Å²) in [5.41, 5.74) is 13.7. The number of hydrogen-bond acceptors (Lipinski definition) is 1. The van der Waals surface area contributed by atoms with Crippen LogP contribution in [0.1, 0.15) is 152 Å². The van der Waals surface area contributed by atoms with Gasteiger partial charge in [0.1, 0.15) is 0 Å². The number of hydrogen-bond donors (Lipinski definition) is 0. The van der Waals surface area contributed by atoms with E-state index in [0.29, 0.717) is 0 Å². The van der Waals surface area contributed by atoms with Crippen LogP contribution in [0.3, 0.4) is 0 Å². The summed E-state index contributed by atoms with van der Waals surface area (Å²) in [6.45, 7) is 46.3. The summed E-state index contributed by atoms with van der Waals surface area (Å²) < 4.78 is 0. The molecule has 0 spiro atoms. The van der Waals surface area contributed by atoms with Crippen molar-refractivity contribution in [3.63, 3.8) is 0 Å². The first-order valence-corrected chi connectivity index (χ1v) is 24.6. The number of anilines is 1. The lowest BCUT2D eigenvalue weighted by Crippen LogP contribution is -2.24. The van der Waals surface area contributed by atoms with Crippen LogP contribution in [0, 0.1) is 0 Å². The van der Waals surface area contributed by atoms with E-state index in [2.05, 4.69) is 170 Å². The molecule has 0 bridgehead atoms. The van der Waals surface area contributed by atoms with Gasteiger partial charge in [0.15, 0.2) is 0 Å². The first-order chi connectivity index (χ1) is 30.3. The van der Waals surface area contributed by atoms with Gasteiger partial charge in [-0.3, -0.25) is 0 Å². The third kappa shape index (κ3) is 20.5. The molecule has 0 unspecified atom stereocenters. The highest BCUT2D eigenvalue weighted by Crippen LogP contribution is 2.55. The minimum Gasteiger partial charge on any atom is -0.371 e. The van der Waals surface area contributed by atoms with Crippen LogP contribution < -0.4 is 4.90 Å². The van der Waals surface area contributed by atoms with Crippen LogP contribution in [0.2, 0.25) is 0 Å². The molecule has 6 aromatic rings. The summed E-state index contributed by atoms with van der Waals surface area (Å²) >= 11 is 0. The molecule has 0 aliphatic carbocycles. The van der Waals surface area contributed by atoms with Crippen LogP contribution in [0.5, 0.6) is 0 Å². The van der Waals surface area contributed by atoms with Crippen LogP contribution in [0.25, 0.3) is 55.6 Å². The zero-order valence-electron chi connectivity index (χ0n) is 43.8. The monoisotopic (exact) mass is 830 g/mol. The molecule has 6 rings (SSSR count). The highest BCUT2D eigenvalue weighted by molar-refractivity contribution is 6.14. The molecule has 0 radical (unpaired) electrons. The normalized spacial score (nSPS) is 8.30. The first-order valence-electron chi connectivity index (χ1n) is 24.6. The topological polar surface area (TPSA) is 3.24 Å². The Morgan fingerprint density at radius 2 is 0.377 bits per heavy atom. The van der Waals surface area contributed by atoms with Gasteiger partial charge in [-0.2, -0.15) is 0 Å². The minimum atomic E-state index is 0.906. The van der Waals surface area contributed by atoms with Gasteiger partial charge < -0.3 is 4.90 Å². The van der Waals surface area contributed by atoms with Crippen LogP contribution in [0.4, 0.5) is 5.69 Å². The van der Waals surface area contributed by atoms with E-state index in [-0.39, 0.29) is 0 Å². The number of nitrogens with zero attached hydrogens (tertiary/aromatic N) is 1. The molecule has 0 N–H and O–H groups in total. The molecule has 0 amide bonds. The van der Waals surface area contributed by atoms with Crippen molar-refractivity contribution in [3.05, 3.63) is 152 Å². The molecule has 1 heteroatoms. The van der Waals surface area contributed by atoms with Gasteiger partial charge in [-0.05, 0) is 47.2 Å². The molecule has 6 aromatic carbocycles. The van der Waals surface area contributed by atoms with E-state index >= 15 is 0 Å². The van der Waals surface area contributed by atoms with Gasteiger partial charge in [0, 0.05) is 35.3 Å². The van der Waals surface area contributed by atoms with Crippen molar-refractivity contribution in [2.75, 3.05) is 18.0 Å². The zero-order chi connectivity index (χ0) is 48.0. The Hall–Kier alpha value is -4.88. The summed E-state index contributed by atoms with van der Waals surface area (Å²) in [6, 6.07) is 54.7. The molecule has 61 heavy (non-hydrogen) atoms. The highest BCUT2D eigenvalue weighted by atomic mass is 15.1. The molecule has 0 saturated carbocycles. The average molecular weight is 830 g/mol. The van der Waals surface area contributed by atoms with Gasteiger partial charge in [0.25, 0.3) is 0 Å². The van der Waals surface area contributed by atoms with Crippen molar-refractivity contribution >= 4 is 5.69 Å². The summed E-state index contributed by atoms with van der Waals surface area (Å²) in [5.74, 6) is 0. The van der Waals surface area contributed by atoms with Gasteiger partial charge in [-0.15, -0.1) is 0 Å². The lowest BCUT2D eigenvalue weighted by Gasteiger charge is -2.34. The molecule has 340 valence electrons. The fourth-order valence-corrected chi connectivity index (χ4v) is 6.05. The second kappa shape index (κ2) is 47.8. The van der Waals surface area contributed by atoms with E-state index in [1.165, 1.54) is 61.3 Å². The maximum Gasteiger partial charge on any atom is 0.0538 e. The molecular formula is C60H95N. The molecule has 0 heterocycles. The van der Waals surface area contributed by atoms with E-state index < -0.39 is 0 Å². The van der Waals surface area contributed by atoms with Gasteiger partial charge in [-0.25, -0.2) is 0 Å². The fourth-order valence-electron chi connectivity index (χ4n) is 6.05. The van der Waals surface area contributed by atoms with Crippen molar-refractivity contribution in [2.24, 2.45) is 0 Å². The van der Waals surface area contributed by atoms with Crippen LogP contribution in [0.15, 0.2) is 152 Å². The van der Waals surface area contributed by atoms with Gasteiger partial charge in [0.2, 0.25) is 0 Å². The summed E-state index contributed by atoms with van der Waals surface area (Å²) in [5, 5.41) is 0. The molecule has 0 aliphatic rings. The molecule has 1 nitrogen and oxygen atoms in total. The summed E-state index contributed by atoms with van der Waals surface area (Å²) in [6.07, 6.45) is 0. The summed E-state index contributed by atoms with van der Waals surface area (Å²) in [7, 11) is 0. The highest BCUT2D eigenvalue weighted by Gasteiger charge is 2.29. The van der Waals surface area contributed by atoms with Crippen LogP contribution in [-0.2, 0) is 0 Å². The van der Waals surface area contributed by atoms with E-state index in [1.54, 1.807) is 0 Å². The predicted molar refractivity (Wildman–Crippen MR) is 291 cm³/mol. The van der Waals surface area contributed by atoms with E-state index in [4.69, 9.17) is 0 Å². The maximum atomic E-state index is 2.54. The second-order valence-electron chi connectivity index (χ2n) is 10.2. The SMILES string of the molecule is CC.CC.CC.CC.CC.CC.CC.CC.CC.CC.CCN(CC)c1c(-c2ccccc2)c(-c2ccccc2)c(-c2ccccc2)c(-c2ccccc2)c1-c1ccccc1. The Bertz CT molecular complexity index is 1600.